The number of carbonyl (C=O) groups excluding carboxylic acids is 1. The highest BCUT2D eigenvalue weighted by atomic mass is 35.5. The Labute approximate surface area is 262 Å². The number of benzene rings is 2. The molecular formula is C33H38Cl2F3N3O2. The monoisotopic (exact) mass is 635 g/mol. The SMILES string of the molecule is C=C(C)CC1CCN(C(=O)C[C@H]2OC(c3cccc(CCC)c3Cl)c3cc(Cl)ccc3N(C(=C)C(F)(F)F)C2=NC)CC1. The molecule has 5 nitrogen and oxygen atoms in total. The Morgan fingerprint density at radius 1 is 1.09 bits per heavy atom. The summed E-state index contributed by atoms with van der Waals surface area (Å²) in [5.41, 5.74) is 1.95. The van der Waals surface area contributed by atoms with Gasteiger partial charge in [-0.1, -0.05) is 66.9 Å². The van der Waals surface area contributed by atoms with Gasteiger partial charge in [0, 0.05) is 41.3 Å². The highest BCUT2D eigenvalue weighted by Gasteiger charge is 2.45. The fourth-order valence-electron chi connectivity index (χ4n) is 5.97. The van der Waals surface area contributed by atoms with Crippen molar-refractivity contribution >= 4 is 40.6 Å². The molecule has 232 valence electrons. The van der Waals surface area contributed by atoms with E-state index in [1.807, 2.05) is 26.0 Å². The highest BCUT2D eigenvalue weighted by Crippen LogP contribution is 2.45. The maximum atomic E-state index is 14.3. The summed E-state index contributed by atoms with van der Waals surface area (Å²) in [4.78, 5) is 20.7. The van der Waals surface area contributed by atoms with Crippen molar-refractivity contribution in [1.82, 2.24) is 4.90 Å². The second kappa shape index (κ2) is 13.9. The number of anilines is 1. The van der Waals surface area contributed by atoms with Crippen LogP contribution in [0.15, 0.2) is 65.8 Å². The number of aliphatic imine (C=N–C) groups is 1. The minimum absolute atomic E-state index is 0.0697. The zero-order valence-electron chi connectivity index (χ0n) is 24.8. The molecule has 2 aromatic carbocycles. The van der Waals surface area contributed by atoms with E-state index in [1.165, 1.54) is 19.2 Å². The zero-order chi connectivity index (χ0) is 31.5. The van der Waals surface area contributed by atoms with Gasteiger partial charge in [-0.2, -0.15) is 13.2 Å². The summed E-state index contributed by atoms with van der Waals surface area (Å²) in [6.45, 7) is 12.6. The number of fused-ring (bicyclic) bond motifs is 1. The van der Waals surface area contributed by atoms with Gasteiger partial charge >= 0.3 is 6.18 Å². The van der Waals surface area contributed by atoms with Crippen LogP contribution in [0, 0.1) is 5.92 Å². The largest absolute Gasteiger partial charge is 0.431 e. The van der Waals surface area contributed by atoms with Crippen LogP contribution in [0.25, 0.3) is 0 Å². The van der Waals surface area contributed by atoms with E-state index < -0.39 is 24.1 Å². The van der Waals surface area contributed by atoms with Crippen molar-refractivity contribution in [2.24, 2.45) is 10.9 Å². The van der Waals surface area contributed by atoms with Crippen LogP contribution in [0.1, 0.15) is 68.7 Å². The van der Waals surface area contributed by atoms with Gasteiger partial charge in [0.2, 0.25) is 5.91 Å². The number of likely N-dealkylation sites (tertiary alicyclic amines) is 1. The minimum Gasteiger partial charge on any atom is -0.357 e. The first-order valence-corrected chi connectivity index (χ1v) is 15.3. The predicted octanol–water partition coefficient (Wildman–Crippen LogP) is 8.94. The van der Waals surface area contributed by atoms with Crippen molar-refractivity contribution in [1.29, 1.82) is 0 Å². The molecule has 0 spiro atoms. The molecule has 0 aliphatic carbocycles. The summed E-state index contributed by atoms with van der Waals surface area (Å²) in [5, 5.41) is 0.774. The third kappa shape index (κ3) is 7.47. The molecule has 0 aromatic heterocycles. The molecule has 2 aromatic rings. The number of allylic oxidation sites excluding steroid dienone is 2. The molecule has 0 bridgehead atoms. The first-order chi connectivity index (χ1) is 20.3. The Hall–Kier alpha value is -2.81. The smallest absolute Gasteiger partial charge is 0.357 e. The van der Waals surface area contributed by atoms with Gasteiger partial charge in [0.1, 0.15) is 23.7 Å². The van der Waals surface area contributed by atoms with Crippen LogP contribution in [0.4, 0.5) is 18.9 Å². The number of halogens is 5. The summed E-state index contributed by atoms with van der Waals surface area (Å²) in [7, 11) is 1.39. The lowest BCUT2D eigenvalue weighted by Gasteiger charge is -2.34. The molecule has 0 radical (unpaired) electrons. The lowest BCUT2D eigenvalue weighted by Crippen LogP contribution is -2.46. The second-order valence-corrected chi connectivity index (χ2v) is 12.1. The zero-order valence-corrected chi connectivity index (χ0v) is 26.3. The van der Waals surface area contributed by atoms with Gasteiger partial charge in [0.25, 0.3) is 0 Å². The number of rotatable bonds is 8. The summed E-state index contributed by atoms with van der Waals surface area (Å²) in [5.74, 6) is 0.168. The van der Waals surface area contributed by atoms with Crippen molar-refractivity contribution < 1.29 is 22.7 Å². The van der Waals surface area contributed by atoms with E-state index in [4.69, 9.17) is 27.9 Å². The summed E-state index contributed by atoms with van der Waals surface area (Å²) >= 11 is 13.3. The lowest BCUT2D eigenvalue weighted by molar-refractivity contribution is -0.135. The Bertz CT molecular complexity index is 1400. The maximum Gasteiger partial charge on any atom is 0.431 e. The first-order valence-electron chi connectivity index (χ1n) is 14.5. The molecule has 10 heteroatoms. The highest BCUT2D eigenvalue weighted by molar-refractivity contribution is 6.32. The molecule has 2 heterocycles. The number of ether oxygens (including phenoxy) is 1. The molecule has 4 rings (SSSR count). The normalized spacial score (nSPS) is 20.6. The fourth-order valence-corrected chi connectivity index (χ4v) is 6.47. The van der Waals surface area contributed by atoms with E-state index in [-0.39, 0.29) is 23.9 Å². The predicted molar refractivity (Wildman–Crippen MR) is 168 cm³/mol. The van der Waals surface area contributed by atoms with Gasteiger partial charge in [0.05, 0.1) is 12.1 Å². The molecule has 0 N–H and O–H groups in total. The van der Waals surface area contributed by atoms with Gasteiger partial charge in [-0.3, -0.25) is 14.7 Å². The number of amidine groups is 1. The van der Waals surface area contributed by atoms with Gasteiger partial charge in [-0.15, -0.1) is 6.58 Å². The summed E-state index contributed by atoms with van der Waals surface area (Å²) in [6.07, 6.45) is -2.91. The standard InChI is InChI=1S/C33H38Cl2F3N3O2/c1-6-8-23-9-7-10-25(30(23)35)31-26-18-24(34)11-12-27(26)41(21(4)33(36,37)38)32(39-5)28(43-31)19-29(42)40-15-13-22(14-16-40)17-20(2)3/h7,9-12,18,22,28,31H,2,4,6,8,13-17,19H2,1,3,5H3/t28-,31?/m1/s1. The molecule has 2 atom stereocenters. The third-order valence-electron chi connectivity index (χ3n) is 8.03. The van der Waals surface area contributed by atoms with E-state index in [0.717, 1.165) is 41.7 Å². The van der Waals surface area contributed by atoms with Gasteiger partial charge in [-0.25, -0.2) is 0 Å². The van der Waals surface area contributed by atoms with E-state index >= 15 is 0 Å². The topological polar surface area (TPSA) is 45.1 Å². The molecular weight excluding hydrogens is 598 g/mol. The van der Waals surface area contributed by atoms with Gasteiger partial charge < -0.3 is 9.64 Å². The number of amides is 1. The Morgan fingerprint density at radius 3 is 2.40 bits per heavy atom. The number of hydrogen-bond acceptors (Lipinski definition) is 3. The number of alkyl halides is 3. The van der Waals surface area contributed by atoms with Crippen LogP contribution in [-0.4, -0.2) is 49.1 Å². The number of hydrogen-bond donors (Lipinski definition) is 0. The van der Waals surface area contributed by atoms with Crippen molar-refractivity contribution in [3.05, 3.63) is 87.6 Å². The van der Waals surface area contributed by atoms with Crippen LogP contribution in [0.5, 0.6) is 0 Å². The number of aryl methyl sites for hydroxylation is 1. The van der Waals surface area contributed by atoms with Crippen LogP contribution in [0.3, 0.4) is 0 Å². The Balaban J connectivity index is 1.80. The molecule has 1 amide bonds. The van der Waals surface area contributed by atoms with Crippen LogP contribution in [0.2, 0.25) is 10.0 Å². The molecule has 2 aliphatic rings. The van der Waals surface area contributed by atoms with Crippen molar-refractivity contribution in [3.63, 3.8) is 0 Å². The number of piperidine rings is 1. The average Bonchev–Trinajstić information content (AvgIpc) is 3.07. The minimum atomic E-state index is -4.79. The molecule has 1 fully saturated rings. The maximum absolute atomic E-state index is 14.3. The first kappa shape index (κ1) is 33.1. The van der Waals surface area contributed by atoms with Crippen molar-refractivity contribution in [2.45, 2.75) is 70.8 Å². The van der Waals surface area contributed by atoms with E-state index in [9.17, 15) is 18.0 Å². The van der Waals surface area contributed by atoms with Crippen LogP contribution < -0.4 is 4.90 Å². The average molecular weight is 637 g/mol. The molecule has 0 saturated carbocycles. The third-order valence-corrected chi connectivity index (χ3v) is 8.73. The quantitative estimate of drug-likeness (QED) is 0.272. The van der Waals surface area contributed by atoms with Gasteiger partial charge in [0.15, 0.2) is 0 Å². The Kier molecular flexibility index (Phi) is 10.7. The van der Waals surface area contributed by atoms with Crippen LogP contribution >= 0.6 is 23.2 Å². The van der Waals surface area contributed by atoms with E-state index in [0.29, 0.717) is 46.6 Å². The molecule has 43 heavy (non-hydrogen) atoms. The number of carbonyl (C=O) groups is 1. The summed E-state index contributed by atoms with van der Waals surface area (Å²) in [6, 6.07) is 10.1. The molecule has 1 unspecified atom stereocenters. The Morgan fingerprint density at radius 2 is 1.79 bits per heavy atom. The molecule has 1 saturated heterocycles. The van der Waals surface area contributed by atoms with E-state index in [2.05, 4.69) is 18.2 Å². The fraction of sp³-hybridized carbons (Fsp3) is 0.455. The van der Waals surface area contributed by atoms with Crippen LogP contribution in [-0.2, 0) is 16.0 Å². The molecule has 2 aliphatic heterocycles. The second-order valence-electron chi connectivity index (χ2n) is 11.3. The number of nitrogens with zero attached hydrogens (tertiary/aromatic N) is 3. The van der Waals surface area contributed by atoms with Crippen molar-refractivity contribution in [3.8, 4) is 0 Å². The van der Waals surface area contributed by atoms with E-state index in [1.54, 1.807) is 17.0 Å². The van der Waals surface area contributed by atoms with Crippen molar-refractivity contribution in [2.75, 3.05) is 25.0 Å². The van der Waals surface area contributed by atoms with Gasteiger partial charge in [-0.05, 0) is 62.3 Å². The lowest BCUT2D eigenvalue weighted by atomic mass is 9.91. The summed E-state index contributed by atoms with van der Waals surface area (Å²) < 4.78 is 49.6.